The molecule has 2 heterocycles. The van der Waals surface area contributed by atoms with Gasteiger partial charge in [0, 0.05) is 5.02 Å². The van der Waals surface area contributed by atoms with Gasteiger partial charge < -0.3 is 10.5 Å². The van der Waals surface area contributed by atoms with Crippen LogP contribution in [0.4, 0.5) is 32.2 Å². The number of rotatable bonds is 2. The van der Waals surface area contributed by atoms with Gasteiger partial charge in [0.2, 0.25) is 5.82 Å². The number of aromatic nitrogens is 4. The Morgan fingerprint density at radius 1 is 1.07 bits per heavy atom. The van der Waals surface area contributed by atoms with Crippen LogP contribution in [0.1, 0.15) is 11.5 Å². The minimum atomic E-state index is -5.22. The highest BCUT2D eigenvalue weighted by molar-refractivity contribution is 6.30. The fourth-order valence-electron chi connectivity index (χ4n) is 2.36. The Balaban J connectivity index is 2.40. The number of anilines is 1. The summed E-state index contributed by atoms with van der Waals surface area (Å²) in [7, 11) is 1.27. The highest BCUT2D eigenvalue weighted by Gasteiger charge is 2.43. The summed E-state index contributed by atoms with van der Waals surface area (Å²) in [4.78, 5) is 5.70. The minimum Gasteiger partial charge on any atom is -0.494 e. The Kier molecular flexibility index (Phi) is 4.33. The number of benzene rings is 1. The molecule has 144 valence electrons. The number of nitrogens with two attached hydrogens (primary N) is 1. The maximum Gasteiger partial charge on any atom is 0.451 e. The quantitative estimate of drug-likeness (QED) is 0.642. The molecule has 0 atom stereocenters. The lowest BCUT2D eigenvalue weighted by Crippen LogP contribution is -2.17. The fourth-order valence-corrected chi connectivity index (χ4v) is 2.52. The number of nitrogens with zero attached hydrogens (tertiary/aromatic N) is 4. The summed E-state index contributed by atoms with van der Waals surface area (Å²) in [6.07, 6.45) is -10.4. The molecule has 0 spiro atoms. The van der Waals surface area contributed by atoms with Gasteiger partial charge in [0.25, 0.3) is 0 Å². The SMILES string of the molecule is COc1ccc(Cl)cc1-n1nc2nc(C(F)(F)F)nc(C(F)(F)F)c2c1N. The van der Waals surface area contributed by atoms with Crippen molar-refractivity contribution in [3.05, 3.63) is 34.7 Å². The van der Waals surface area contributed by atoms with Crippen LogP contribution in [0.2, 0.25) is 5.02 Å². The van der Waals surface area contributed by atoms with Gasteiger partial charge >= 0.3 is 12.4 Å². The van der Waals surface area contributed by atoms with Gasteiger partial charge in [-0.2, -0.15) is 26.3 Å². The molecule has 13 heteroatoms. The van der Waals surface area contributed by atoms with E-state index in [2.05, 4.69) is 15.1 Å². The number of methoxy groups -OCH3 is 1. The molecule has 27 heavy (non-hydrogen) atoms. The van der Waals surface area contributed by atoms with Gasteiger partial charge in [0.05, 0.1) is 12.5 Å². The Hall–Kier alpha value is -2.76. The molecule has 6 nitrogen and oxygen atoms in total. The van der Waals surface area contributed by atoms with E-state index < -0.39 is 40.7 Å². The van der Waals surface area contributed by atoms with Crippen LogP contribution in [0.5, 0.6) is 5.75 Å². The van der Waals surface area contributed by atoms with Crippen molar-refractivity contribution in [3.63, 3.8) is 0 Å². The van der Waals surface area contributed by atoms with E-state index in [0.29, 0.717) is 0 Å². The van der Waals surface area contributed by atoms with Crippen LogP contribution in [0.15, 0.2) is 18.2 Å². The molecule has 0 saturated carbocycles. The second-order valence-electron chi connectivity index (χ2n) is 5.20. The van der Waals surface area contributed by atoms with E-state index in [9.17, 15) is 26.3 Å². The Morgan fingerprint density at radius 2 is 1.74 bits per heavy atom. The van der Waals surface area contributed by atoms with E-state index >= 15 is 0 Å². The van der Waals surface area contributed by atoms with Crippen LogP contribution in [0.25, 0.3) is 16.7 Å². The highest BCUT2D eigenvalue weighted by Crippen LogP contribution is 2.39. The number of halogens is 7. The van der Waals surface area contributed by atoms with E-state index in [0.717, 1.165) is 4.68 Å². The van der Waals surface area contributed by atoms with Crippen molar-refractivity contribution >= 4 is 28.5 Å². The predicted octanol–water partition coefficient (Wildman–Crippen LogP) is 4.10. The van der Waals surface area contributed by atoms with Crippen LogP contribution in [-0.4, -0.2) is 26.9 Å². The van der Waals surface area contributed by atoms with Gasteiger partial charge in [-0.25, -0.2) is 14.6 Å². The topological polar surface area (TPSA) is 78.8 Å². The van der Waals surface area contributed by atoms with Gasteiger partial charge in [0.1, 0.15) is 17.3 Å². The molecule has 0 aliphatic rings. The first-order valence-corrected chi connectivity index (χ1v) is 7.36. The zero-order valence-electron chi connectivity index (χ0n) is 13.2. The van der Waals surface area contributed by atoms with E-state index in [-0.39, 0.29) is 16.5 Å². The lowest BCUT2D eigenvalue weighted by atomic mass is 10.2. The molecule has 3 aromatic rings. The standard InChI is InChI=1S/C14H8ClF6N5O/c1-27-7-3-2-5(15)4-6(7)26-10(22)8-9(13(16,17)18)23-12(14(19,20)21)24-11(8)25-26/h2-4H,22H2,1H3. The molecule has 0 aliphatic heterocycles. The van der Waals surface area contributed by atoms with Crippen LogP contribution >= 0.6 is 11.6 Å². The molecule has 0 aliphatic carbocycles. The molecule has 0 radical (unpaired) electrons. The van der Waals surface area contributed by atoms with Crippen molar-refractivity contribution < 1.29 is 31.1 Å². The monoisotopic (exact) mass is 411 g/mol. The average Bonchev–Trinajstić information content (AvgIpc) is 2.89. The van der Waals surface area contributed by atoms with Crippen molar-refractivity contribution in [1.82, 2.24) is 19.7 Å². The van der Waals surface area contributed by atoms with Gasteiger partial charge in [-0.1, -0.05) is 11.6 Å². The molecular formula is C14H8ClF6N5O. The van der Waals surface area contributed by atoms with Gasteiger partial charge in [-0.05, 0) is 18.2 Å². The van der Waals surface area contributed by atoms with E-state index in [1.807, 2.05) is 0 Å². The van der Waals surface area contributed by atoms with Gasteiger partial charge in [-0.15, -0.1) is 5.10 Å². The molecule has 3 rings (SSSR count). The number of alkyl halides is 6. The lowest BCUT2D eigenvalue weighted by Gasteiger charge is -2.11. The fraction of sp³-hybridized carbons (Fsp3) is 0.214. The first-order chi connectivity index (χ1) is 12.4. The van der Waals surface area contributed by atoms with Crippen molar-refractivity contribution in [2.24, 2.45) is 0 Å². The van der Waals surface area contributed by atoms with Crippen molar-refractivity contribution in [3.8, 4) is 11.4 Å². The van der Waals surface area contributed by atoms with E-state index in [1.54, 1.807) is 0 Å². The van der Waals surface area contributed by atoms with Gasteiger partial charge in [-0.3, -0.25) is 0 Å². The third-order valence-corrected chi connectivity index (χ3v) is 3.70. The number of hydrogen-bond acceptors (Lipinski definition) is 5. The summed E-state index contributed by atoms with van der Waals surface area (Å²) < 4.78 is 84.4. The van der Waals surface area contributed by atoms with Crippen LogP contribution in [0, 0.1) is 0 Å². The molecular weight excluding hydrogens is 404 g/mol. The summed E-state index contributed by atoms with van der Waals surface area (Å²) in [6, 6.07) is 4.10. The summed E-state index contributed by atoms with van der Waals surface area (Å²) >= 11 is 5.87. The summed E-state index contributed by atoms with van der Waals surface area (Å²) in [5, 5.41) is 2.99. The third-order valence-electron chi connectivity index (χ3n) is 3.46. The van der Waals surface area contributed by atoms with Crippen molar-refractivity contribution in [2.45, 2.75) is 12.4 Å². The number of ether oxygens (including phenoxy) is 1. The Morgan fingerprint density at radius 3 is 2.30 bits per heavy atom. The average molecular weight is 412 g/mol. The molecule has 0 bridgehead atoms. The van der Waals surface area contributed by atoms with E-state index in [4.69, 9.17) is 22.1 Å². The lowest BCUT2D eigenvalue weighted by molar-refractivity contribution is -0.151. The van der Waals surface area contributed by atoms with Crippen LogP contribution in [0.3, 0.4) is 0 Å². The minimum absolute atomic E-state index is 0.0159. The Labute approximate surface area is 151 Å². The summed E-state index contributed by atoms with van der Waals surface area (Å²) in [5.74, 6) is -2.48. The number of hydrogen-bond donors (Lipinski definition) is 1. The maximum absolute atomic E-state index is 13.3. The normalized spacial score (nSPS) is 12.6. The highest BCUT2D eigenvalue weighted by atomic mass is 35.5. The molecule has 0 unspecified atom stereocenters. The smallest absolute Gasteiger partial charge is 0.451 e. The third kappa shape index (κ3) is 3.31. The molecule has 0 amide bonds. The second kappa shape index (κ2) is 6.15. The van der Waals surface area contributed by atoms with Crippen molar-refractivity contribution in [1.29, 1.82) is 0 Å². The first kappa shape index (κ1) is 19.0. The summed E-state index contributed by atoms with van der Waals surface area (Å²) in [5.41, 5.74) is 3.04. The number of fused-ring (bicyclic) bond motifs is 1. The number of nitrogen functional groups attached to an aromatic ring is 1. The maximum atomic E-state index is 13.3. The second-order valence-corrected chi connectivity index (χ2v) is 5.64. The molecule has 0 fully saturated rings. The van der Waals surface area contributed by atoms with Gasteiger partial charge in [0.15, 0.2) is 11.3 Å². The largest absolute Gasteiger partial charge is 0.494 e. The van der Waals surface area contributed by atoms with Crippen LogP contribution in [-0.2, 0) is 12.4 Å². The molecule has 1 aromatic carbocycles. The Bertz CT molecular complexity index is 1030. The molecule has 2 N–H and O–H groups in total. The predicted molar refractivity (Wildman–Crippen MR) is 82.6 cm³/mol. The van der Waals surface area contributed by atoms with Crippen molar-refractivity contribution in [2.75, 3.05) is 12.8 Å². The first-order valence-electron chi connectivity index (χ1n) is 6.98. The van der Waals surface area contributed by atoms with Crippen LogP contribution < -0.4 is 10.5 Å². The summed E-state index contributed by atoms with van der Waals surface area (Å²) in [6.45, 7) is 0. The zero-order chi connectivity index (χ0) is 20.1. The molecule has 0 saturated heterocycles. The zero-order valence-corrected chi connectivity index (χ0v) is 13.9. The molecule has 2 aromatic heterocycles. The van der Waals surface area contributed by atoms with E-state index in [1.165, 1.54) is 25.3 Å².